The first kappa shape index (κ1) is 20.2. The van der Waals surface area contributed by atoms with Crippen molar-refractivity contribution in [1.29, 1.82) is 0 Å². The van der Waals surface area contributed by atoms with Crippen LogP contribution in [0.3, 0.4) is 0 Å². The molecule has 0 spiro atoms. The van der Waals surface area contributed by atoms with Crippen LogP contribution in [-0.2, 0) is 17.6 Å². The molecule has 0 aliphatic carbocycles. The van der Waals surface area contributed by atoms with Crippen LogP contribution in [0.2, 0.25) is 0 Å². The van der Waals surface area contributed by atoms with E-state index in [9.17, 15) is 19.1 Å². The molecule has 0 saturated heterocycles. The third kappa shape index (κ3) is 3.70. The Morgan fingerprint density at radius 1 is 1.20 bits per heavy atom. The number of aromatic hydroxyl groups is 1. The molecule has 3 aromatic rings. The Morgan fingerprint density at radius 2 is 1.93 bits per heavy atom. The van der Waals surface area contributed by atoms with Crippen LogP contribution >= 0.6 is 11.8 Å². The molecule has 1 amide bonds. The lowest BCUT2D eigenvalue weighted by Gasteiger charge is -2.18. The second kappa shape index (κ2) is 8.31. The molecular formula is C22H20FN3O3S. The van der Waals surface area contributed by atoms with Crippen molar-refractivity contribution in [2.75, 3.05) is 17.2 Å². The number of carbonyl (C=O) groups excluding carboxylic acids is 1. The average Bonchev–Trinajstić information content (AvgIpc) is 3.17. The van der Waals surface area contributed by atoms with Gasteiger partial charge in [-0.1, -0.05) is 36.9 Å². The fourth-order valence-corrected chi connectivity index (χ4v) is 4.43. The zero-order chi connectivity index (χ0) is 21.3. The third-order valence-electron chi connectivity index (χ3n) is 5.08. The highest BCUT2D eigenvalue weighted by molar-refractivity contribution is 7.99. The van der Waals surface area contributed by atoms with E-state index in [2.05, 4.69) is 4.98 Å². The van der Waals surface area contributed by atoms with Crippen LogP contribution in [0.4, 0.5) is 10.1 Å². The SMILES string of the molecule is CCc1c(O)nc(SCC(=O)N2CCc3ccccc32)n(-c2ccc(F)cc2)c1=O. The molecule has 2 heterocycles. The maximum Gasteiger partial charge on any atom is 0.265 e. The summed E-state index contributed by atoms with van der Waals surface area (Å²) >= 11 is 1.07. The van der Waals surface area contributed by atoms with E-state index in [0.29, 0.717) is 18.7 Å². The molecule has 1 aliphatic rings. The summed E-state index contributed by atoms with van der Waals surface area (Å²) in [6, 6.07) is 13.2. The van der Waals surface area contributed by atoms with Crippen LogP contribution in [0.5, 0.6) is 5.88 Å². The Balaban J connectivity index is 1.65. The van der Waals surface area contributed by atoms with Crippen LogP contribution < -0.4 is 10.5 Å². The highest BCUT2D eigenvalue weighted by atomic mass is 32.2. The molecule has 0 atom stereocenters. The van der Waals surface area contributed by atoms with Crippen molar-refractivity contribution in [3.63, 3.8) is 0 Å². The topological polar surface area (TPSA) is 75.4 Å². The van der Waals surface area contributed by atoms with Gasteiger partial charge in [-0.2, -0.15) is 4.98 Å². The highest BCUT2D eigenvalue weighted by Gasteiger charge is 2.25. The van der Waals surface area contributed by atoms with Crippen molar-refractivity contribution >= 4 is 23.4 Å². The zero-order valence-corrected chi connectivity index (χ0v) is 17.2. The molecule has 0 unspecified atom stereocenters. The van der Waals surface area contributed by atoms with Gasteiger partial charge in [-0.05, 0) is 48.7 Å². The fourth-order valence-electron chi connectivity index (χ4n) is 3.55. The Hall–Kier alpha value is -3.13. The fraction of sp³-hybridized carbons (Fsp3) is 0.227. The number of fused-ring (bicyclic) bond motifs is 1. The van der Waals surface area contributed by atoms with Gasteiger partial charge >= 0.3 is 0 Å². The van der Waals surface area contributed by atoms with E-state index in [0.717, 1.165) is 29.4 Å². The Labute approximate surface area is 177 Å². The molecule has 0 bridgehead atoms. The van der Waals surface area contributed by atoms with Gasteiger partial charge in [0.05, 0.1) is 17.0 Å². The van der Waals surface area contributed by atoms with E-state index in [-0.39, 0.29) is 28.3 Å². The number of hydrogen-bond acceptors (Lipinski definition) is 5. The van der Waals surface area contributed by atoms with E-state index in [1.807, 2.05) is 24.3 Å². The van der Waals surface area contributed by atoms with Crippen molar-refractivity contribution in [1.82, 2.24) is 9.55 Å². The van der Waals surface area contributed by atoms with Gasteiger partial charge in [0.2, 0.25) is 11.8 Å². The monoisotopic (exact) mass is 425 g/mol. The second-order valence-corrected chi connectivity index (χ2v) is 7.82. The summed E-state index contributed by atoms with van der Waals surface area (Å²) in [5.41, 5.74) is 2.19. The predicted molar refractivity (Wildman–Crippen MR) is 114 cm³/mol. The lowest BCUT2D eigenvalue weighted by Crippen LogP contribution is -2.31. The first-order chi connectivity index (χ1) is 14.5. The number of benzene rings is 2. The lowest BCUT2D eigenvalue weighted by atomic mass is 10.2. The largest absolute Gasteiger partial charge is 0.493 e. The summed E-state index contributed by atoms with van der Waals surface area (Å²) in [5.74, 6) is -0.829. The summed E-state index contributed by atoms with van der Waals surface area (Å²) in [6.07, 6.45) is 1.10. The van der Waals surface area contributed by atoms with Gasteiger partial charge in [0.1, 0.15) is 5.82 Å². The molecule has 6 nitrogen and oxygen atoms in total. The first-order valence-electron chi connectivity index (χ1n) is 9.61. The summed E-state index contributed by atoms with van der Waals surface area (Å²) in [5, 5.41) is 10.4. The quantitative estimate of drug-likeness (QED) is 0.501. The number of carbonyl (C=O) groups is 1. The van der Waals surface area contributed by atoms with Crippen LogP contribution in [0.15, 0.2) is 58.5 Å². The molecule has 30 heavy (non-hydrogen) atoms. The predicted octanol–water partition coefficient (Wildman–Crippen LogP) is 3.32. The number of thioether (sulfide) groups is 1. The van der Waals surface area contributed by atoms with E-state index in [1.165, 1.54) is 28.8 Å². The van der Waals surface area contributed by atoms with Gasteiger partial charge in [-0.15, -0.1) is 0 Å². The second-order valence-electron chi connectivity index (χ2n) is 6.88. The molecular weight excluding hydrogens is 405 g/mol. The van der Waals surface area contributed by atoms with Gasteiger partial charge in [0.25, 0.3) is 5.56 Å². The van der Waals surface area contributed by atoms with Crippen molar-refractivity contribution in [2.24, 2.45) is 0 Å². The van der Waals surface area contributed by atoms with Gasteiger partial charge in [0.15, 0.2) is 5.16 Å². The average molecular weight is 425 g/mol. The normalized spacial score (nSPS) is 12.8. The maximum atomic E-state index is 13.4. The van der Waals surface area contributed by atoms with E-state index in [1.54, 1.807) is 11.8 Å². The molecule has 0 radical (unpaired) electrons. The van der Waals surface area contributed by atoms with Crippen LogP contribution in [-0.4, -0.2) is 32.9 Å². The van der Waals surface area contributed by atoms with Gasteiger partial charge in [-0.25, -0.2) is 4.39 Å². The first-order valence-corrected chi connectivity index (χ1v) is 10.6. The van der Waals surface area contributed by atoms with Crippen molar-refractivity contribution in [2.45, 2.75) is 24.9 Å². The summed E-state index contributed by atoms with van der Waals surface area (Å²) in [6.45, 7) is 2.35. The summed E-state index contributed by atoms with van der Waals surface area (Å²) < 4.78 is 14.7. The van der Waals surface area contributed by atoms with Crippen molar-refractivity contribution in [3.05, 3.63) is 75.8 Å². The highest BCUT2D eigenvalue weighted by Crippen LogP contribution is 2.29. The van der Waals surface area contributed by atoms with E-state index >= 15 is 0 Å². The smallest absolute Gasteiger partial charge is 0.265 e. The number of hydrogen-bond donors (Lipinski definition) is 1. The number of rotatable bonds is 5. The van der Waals surface area contributed by atoms with Gasteiger partial charge in [0, 0.05) is 12.2 Å². The Bertz CT molecular complexity index is 1160. The molecule has 0 saturated carbocycles. The van der Waals surface area contributed by atoms with E-state index < -0.39 is 11.4 Å². The number of nitrogens with zero attached hydrogens (tertiary/aromatic N) is 3. The van der Waals surface area contributed by atoms with Gasteiger partial charge < -0.3 is 10.0 Å². The molecule has 0 fully saturated rings. The minimum Gasteiger partial charge on any atom is -0.493 e. The molecule has 1 aliphatic heterocycles. The molecule has 1 N–H and O–H groups in total. The number of halogens is 1. The molecule has 4 rings (SSSR count). The number of aromatic nitrogens is 2. The Kier molecular flexibility index (Phi) is 5.59. The van der Waals surface area contributed by atoms with Crippen LogP contribution in [0.25, 0.3) is 5.69 Å². The molecule has 1 aromatic heterocycles. The van der Waals surface area contributed by atoms with Crippen molar-refractivity contribution < 1.29 is 14.3 Å². The summed E-state index contributed by atoms with van der Waals surface area (Å²) in [4.78, 5) is 31.7. The third-order valence-corrected chi connectivity index (χ3v) is 6.00. The van der Waals surface area contributed by atoms with E-state index in [4.69, 9.17) is 0 Å². The van der Waals surface area contributed by atoms with Crippen molar-refractivity contribution in [3.8, 4) is 11.6 Å². The number of anilines is 1. The standard InChI is InChI=1S/C22H20FN3O3S/c1-2-17-20(28)24-22(26(21(17)29)16-9-7-15(23)8-10-16)30-13-19(27)25-12-11-14-5-3-4-6-18(14)25/h3-10,28H,2,11-13H2,1H3. The van der Waals surface area contributed by atoms with Gasteiger partial charge in [-0.3, -0.25) is 14.2 Å². The minimum absolute atomic E-state index is 0.0485. The maximum absolute atomic E-state index is 13.4. The zero-order valence-electron chi connectivity index (χ0n) is 16.3. The molecule has 154 valence electrons. The summed E-state index contributed by atoms with van der Waals surface area (Å²) in [7, 11) is 0. The molecule has 2 aromatic carbocycles. The Morgan fingerprint density at radius 3 is 2.67 bits per heavy atom. The number of amides is 1. The van der Waals surface area contributed by atoms with Crippen LogP contribution in [0.1, 0.15) is 18.1 Å². The van der Waals surface area contributed by atoms with Crippen LogP contribution in [0, 0.1) is 5.82 Å². The minimum atomic E-state index is -0.432. The number of para-hydroxylation sites is 1. The molecule has 8 heteroatoms. The lowest BCUT2D eigenvalue weighted by molar-refractivity contribution is -0.116.